The number of hydrogen-bond acceptors (Lipinski definition) is 6. The van der Waals surface area contributed by atoms with Gasteiger partial charge in [0, 0.05) is 38.8 Å². The first kappa shape index (κ1) is 28.5. The molecule has 2 N–H and O–H groups in total. The maximum Gasteiger partial charge on any atom is 0.257 e. The van der Waals surface area contributed by atoms with Crippen LogP contribution in [0.25, 0.3) is 0 Å². The average Bonchev–Trinajstić information content (AvgIpc) is 2.99. The second-order valence-corrected chi connectivity index (χ2v) is 9.33. The van der Waals surface area contributed by atoms with E-state index in [0.717, 1.165) is 19.5 Å². The molecule has 36 heavy (non-hydrogen) atoms. The molecule has 3 aliphatic rings. The van der Waals surface area contributed by atoms with Crippen molar-refractivity contribution >= 4 is 30.7 Å². The van der Waals surface area contributed by atoms with E-state index in [2.05, 4.69) is 28.4 Å². The Kier molecular flexibility index (Phi) is 10.2. The Morgan fingerprint density at radius 3 is 2.75 bits per heavy atom. The predicted octanol–water partition coefficient (Wildman–Crippen LogP) is 2.86. The van der Waals surface area contributed by atoms with Gasteiger partial charge in [-0.05, 0) is 42.6 Å². The smallest absolute Gasteiger partial charge is 0.257 e. The standard InChI is InChI=1S/C26H32FN3O4.2ClH/c27-23-14-28-9-7-24(23)34-21-5-6-22-25(13-21)33-12-11-30(26(22)32)17-20(31)16-29-10-8-18-3-1-2-4-19(18)15-29;;/h1-6,13,20,23-24,28,31H,7-12,14-17H2;2*1H/t20-,23?,24?;;/m1../s1. The van der Waals surface area contributed by atoms with Crippen LogP contribution in [-0.4, -0.2) is 85.1 Å². The number of alkyl halides is 1. The molecule has 10 heteroatoms. The number of benzene rings is 2. The monoisotopic (exact) mass is 541 g/mol. The van der Waals surface area contributed by atoms with Crippen molar-refractivity contribution in [2.45, 2.75) is 37.8 Å². The van der Waals surface area contributed by atoms with E-state index in [9.17, 15) is 14.3 Å². The number of halogens is 3. The highest BCUT2D eigenvalue weighted by Crippen LogP contribution is 2.30. The van der Waals surface area contributed by atoms with Crippen LogP contribution in [-0.2, 0) is 13.0 Å². The van der Waals surface area contributed by atoms with Crippen LogP contribution in [0.4, 0.5) is 4.39 Å². The molecule has 0 aliphatic carbocycles. The second kappa shape index (κ2) is 12.9. The van der Waals surface area contributed by atoms with Crippen LogP contribution in [0.1, 0.15) is 27.9 Å². The molecule has 0 aromatic heterocycles. The molecule has 1 saturated heterocycles. The fourth-order valence-corrected chi connectivity index (χ4v) is 5.01. The highest BCUT2D eigenvalue weighted by Gasteiger charge is 2.29. The van der Waals surface area contributed by atoms with Gasteiger partial charge >= 0.3 is 0 Å². The molecule has 3 atom stereocenters. The van der Waals surface area contributed by atoms with Crippen LogP contribution in [0.2, 0.25) is 0 Å². The van der Waals surface area contributed by atoms with Crippen molar-refractivity contribution in [1.82, 2.24) is 15.1 Å². The summed E-state index contributed by atoms with van der Waals surface area (Å²) < 4.78 is 25.8. The number of aliphatic hydroxyl groups is 1. The zero-order valence-corrected chi connectivity index (χ0v) is 21.7. The highest BCUT2D eigenvalue weighted by molar-refractivity contribution is 5.97. The lowest BCUT2D eigenvalue weighted by atomic mass is 10.00. The molecule has 2 unspecified atom stereocenters. The van der Waals surface area contributed by atoms with Gasteiger partial charge in [0.05, 0.1) is 18.2 Å². The number of fused-ring (bicyclic) bond motifs is 2. The first-order valence-electron chi connectivity index (χ1n) is 12.1. The fourth-order valence-electron chi connectivity index (χ4n) is 5.01. The number of nitrogens with one attached hydrogen (secondary N) is 1. The number of nitrogens with zero attached hydrogens (tertiary/aromatic N) is 2. The van der Waals surface area contributed by atoms with Crippen molar-refractivity contribution in [1.29, 1.82) is 0 Å². The van der Waals surface area contributed by atoms with Gasteiger partial charge in [0.2, 0.25) is 0 Å². The summed E-state index contributed by atoms with van der Waals surface area (Å²) in [6.07, 6.45) is -0.668. The minimum Gasteiger partial charge on any atom is -0.491 e. The average molecular weight is 542 g/mol. The summed E-state index contributed by atoms with van der Waals surface area (Å²) in [5, 5.41) is 13.8. The van der Waals surface area contributed by atoms with E-state index in [-0.39, 0.29) is 43.8 Å². The quantitative estimate of drug-likeness (QED) is 0.585. The summed E-state index contributed by atoms with van der Waals surface area (Å²) in [6, 6.07) is 13.5. The number of hydrogen-bond donors (Lipinski definition) is 2. The highest BCUT2D eigenvalue weighted by atomic mass is 35.5. The topological polar surface area (TPSA) is 74.3 Å². The molecule has 0 radical (unpaired) electrons. The Labute approximate surface area is 223 Å². The number of amides is 1. The molecular formula is C26H34Cl2FN3O4. The van der Waals surface area contributed by atoms with Gasteiger partial charge in [0.15, 0.2) is 0 Å². The predicted molar refractivity (Wildman–Crippen MR) is 141 cm³/mol. The summed E-state index contributed by atoms with van der Waals surface area (Å²) in [5.41, 5.74) is 3.11. The number of carbonyl (C=O) groups is 1. The van der Waals surface area contributed by atoms with Gasteiger partial charge in [0.25, 0.3) is 5.91 Å². The lowest BCUT2D eigenvalue weighted by Gasteiger charge is -2.32. The molecule has 0 spiro atoms. The van der Waals surface area contributed by atoms with Crippen LogP contribution in [0.5, 0.6) is 11.5 Å². The van der Waals surface area contributed by atoms with Crippen LogP contribution in [0, 0.1) is 0 Å². The van der Waals surface area contributed by atoms with Crippen molar-refractivity contribution in [3.63, 3.8) is 0 Å². The third-order valence-corrected chi connectivity index (χ3v) is 6.84. The number of ether oxygens (including phenoxy) is 2. The summed E-state index contributed by atoms with van der Waals surface area (Å²) >= 11 is 0. The Balaban J connectivity index is 0.00000180. The van der Waals surface area contributed by atoms with E-state index >= 15 is 0 Å². The van der Waals surface area contributed by atoms with Gasteiger partial charge in [0.1, 0.15) is 30.4 Å². The normalized spacial score (nSPS) is 22.6. The Morgan fingerprint density at radius 1 is 1.14 bits per heavy atom. The molecule has 1 fully saturated rings. The van der Waals surface area contributed by atoms with Crippen LogP contribution in [0.15, 0.2) is 42.5 Å². The van der Waals surface area contributed by atoms with E-state index < -0.39 is 18.4 Å². The van der Waals surface area contributed by atoms with Crippen molar-refractivity contribution < 1.29 is 23.8 Å². The zero-order chi connectivity index (χ0) is 23.5. The number of rotatable bonds is 6. The molecule has 198 valence electrons. The van der Waals surface area contributed by atoms with Crippen molar-refractivity contribution in [3.05, 3.63) is 59.2 Å². The van der Waals surface area contributed by atoms with E-state index in [4.69, 9.17) is 9.47 Å². The van der Waals surface area contributed by atoms with E-state index in [1.165, 1.54) is 11.1 Å². The van der Waals surface area contributed by atoms with Crippen LogP contribution >= 0.6 is 24.8 Å². The zero-order valence-electron chi connectivity index (χ0n) is 20.1. The van der Waals surface area contributed by atoms with E-state index in [0.29, 0.717) is 49.7 Å². The van der Waals surface area contributed by atoms with Gasteiger partial charge in [-0.1, -0.05) is 24.3 Å². The molecule has 3 aliphatic heterocycles. The van der Waals surface area contributed by atoms with Crippen LogP contribution in [0.3, 0.4) is 0 Å². The fraction of sp³-hybridized carbons (Fsp3) is 0.500. The number of piperidine rings is 1. The number of aliphatic hydroxyl groups excluding tert-OH is 1. The number of β-amino-alcohol motifs (C(OH)–C–C–N with tert-alkyl or cyclic N) is 1. The molecule has 3 heterocycles. The van der Waals surface area contributed by atoms with Gasteiger partial charge in [-0.15, -0.1) is 24.8 Å². The lowest BCUT2D eigenvalue weighted by Crippen LogP contribution is -2.44. The van der Waals surface area contributed by atoms with Crippen molar-refractivity contribution in [2.75, 3.05) is 45.9 Å². The molecule has 7 nitrogen and oxygen atoms in total. The minimum absolute atomic E-state index is 0. The third-order valence-electron chi connectivity index (χ3n) is 6.84. The summed E-state index contributed by atoms with van der Waals surface area (Å²) in [5.74, 6) is 0.767. The van der Waals surface area contributed by atoms with Crippen molar-refractivity contribution in [2.24, 2.45) is 0 Å². The Bertz CT molecular complexity index is 1030. The summed E-state index contributed by atoms with van der Waals surface area (Å²) in [6.45, 7) is 4.18. The molecule has 0 bridgehead atoms. The second-order valence-electron chi connectivity index (χ2n) is 9.33. The van der Waals surface area contributed by atoms with E-state index in [1.54, 1.807) is 23.1 Å². The Hall–Kier alpha value is -2.10. The first-order chi connectivity index (χ1) is 16.6. The van der Waals surface area contributed by atoms with Crippen molar-refractivity contribution in [3.8, 4) is 11.5 Å². The molecule has 2 aromatic rings. The maximum absolute atomic E-state index is 14.1. The SMILES string of the molecule is Cl.Cl.O=C1c2ccc(OC3CCNCC3F)cc2OCCN1C[C@H](O)CN1CCc2ccccc2C1. The van der Waals surface area contributed by atoms with Gasteiger partial charge in [-0.3, -0.25) is 9.69 Å². The van der Waals surface area contributed by atoms with E-state index in [1.807, 2.05) is 6.07 Å². The minimum atomic E-state index is -1.07. The van der Waals surface area contributed by atoms with Gasteiger partial charge in [-0.25, -0.2) is 4.39 Å². The van der Waals surface area contributed by atoms with Gasteiger partial charge < -0.3 is 24.8 Å². The van der Waals surface area contributed by atoms with Gasteiger partial charge in [-0.2, -0.15) is 0 Å². The first-order valence-corrected chi connectivity index (χ1v) is 12.1. The third kappa shape index (κ3) is 6.61. The van der Waals surface area contributed by atoms with Crippen LogP contribution < -0.4 is 14.8 Å². The molecule has 2 aromatic carbocycles. The Morgan fingerprint density at radius 2 is 1.94 bits per heavy atom. The summed E-state index contributed by atoms with van der Waals surface area (Å²) in [4.78, 5) is 17.1. The lowest BCUT2D eigenvalue weighted by molar-refractivity contribution is 0.0501. The largest absolute Gasteiger partial charge is 0.491 e. The molecule has 1 amide bonds. The summed E-state index contributed by atoms with van der Waals surface area (Å²) in [7, 11) is 0. The maximum atomic E-state index is 14.1. The number of carbonyl (C=O) groups excluding carboxylic acids is 1. The molecular weight excluding hydrogens is 508 g/mol. The molecule has 5 rings (SSSR count). The molecule has 0 saturated carbocycles.